The van der Waals surface area contributed by atoms with Gasteiger partial charge in [0.15, 0.2) is 11.4 Å². The summed E-state index contributed by atoms with van der Waals surface area (Å²) in [6.45, 7) is 7.98. The van der Waals surface area contributed by atoms with Crippen molar-refractivity contribution in [2.75, 3.05) is 18.8 Å². The molecule has 1 atom stereocenters. The zero-order valence-corrected chi connectivity index (χ0v) is 19.1. The molecule has 1 aliphatic rings. The van der Waals surface area contributed by atoms with Gasteiger partial charge in [0.2, 0.25) is 5.75 Å². The van der Waals surface area contributed by atoms with Crippen LogP contribution in [0.3, 0.4) is 0 Å². The molecule has 0 saturated carbocycles. The average molecular weight is 464 g/mol. The normalized spacial score (nSPS) is 16.0. The van der Waals surface area contributed by atoms with Crippen molar-refractivity contribution in [1.29, 1.82) is 0 Å². The van der Waals surface area contributed by atoms with E-state index in [1.165, 1.54) is 17.7 Å². The number of halogens is 3. The maximum absolute atomic E-state index is 14.0. The summed E-state index contributed by atoms with van der Waals surface area (Å²) < 4.78 is 25.9. The van der Waals surface area contributed by atoms with Gasteiger partial charge in [-0.3, -0.25) is 4.90 Å². The molecule has 0 aliphatic carbocycles. The van der Waals surface area contributed by atoms with Crippen LogP contribution >= 0.6 is 23.2 Å². The number of nitrogens with zero attached hydrogens (tertiary/aromatic N) is 2. The molecule has 3 aromatic rings. The van der Waals surface area contributed by atoms with E-state index in [2.05, 4.69) is 29.8 Å². The molecular formula is C23H24Cl2FN3O2. The summed E-state index contributed by atoms with van der Waals surface area (Å²) in [7, 11) is 0. The van der Waals surface area contributed by atoms with Gasteiger partial charge in [-0.1, -0.05) is 29.3 Å². The molecule has 8 heteroatoms. The largest absolute Gasteiger partial charge is 0.478 e. The predicted molar refractivity (Wildman–Crippen MR) is 123 cm³/mol. The van der Waals surface area contributed by atoms with Gasteiger partial charge in [-0.15, -0.1) is 0 Å². The number of anilines is 1. The van der Waals surface area contributed by atoms with E-state index in [-0.39, 0.29) is 16.6 Å². The fraction of sp³-hybridized carbons (Fsp3) is 0.348. The van der Waals surface area contributed by atoms with Crippen LogP contribution in [0.4, 0.5) is 10.2 Å². The van der Waals surface area contributed by atoms with Gasteiger partial charge in [0.1, 0.15) is 11.9 Å². The first-order valence-corrected chi connectivity index (χ1v) is 10.9. The Hall–Kier alpha value is -2.28. The molecule has 0 amide bonds. The highest BCUT2D eigenvalue weighted by Gasteiger charge is 2.24. The number of nitrogens with two attached hydrogens (primary N) is 1. The summed E-state index contributed by atoms with van der Waals surface area (Å²) >= 11 is 12.4. The Morgan fingerprint density at radius 2 is 2.03 bits per heavy atom. The second kappa shape index (κ2) is 8.69. The molecule has 5 nitrogen and oxygen atoms in total. The van der Waals surface area contributed by atoms with Crippen molar-refractivity contribution >= 4 is 45.6 Å². The standard InChI is InChI=1S/C23H24Cl2FN3O2/c1-12(2)29-8-6-14(7-9-29)16-11-30-21-15(16)10-28-23(27)22(21)31-13(3)19-17(24)4-5-18(26)20(19)25/h4-6,10-13H,7-9H2,1-3H3,(H2,27,28)/t13-/m1/s1. The van der Waals surface area contributed by atoms with Crippen LogP contribution in [-0.4, -0.2) is 29.0 Å². The highest BCUT2D eigenvalue weighted by molar-refractivity contribution is 6.36. The van der Waals surface area contributed by atoms with Gasteiger partial charge in [-0.2, -0.15) is 0 Å². The quantitative estimate of drug-likeness (QED) is 0.437. The van der Waals surface area contributed by atoms with E-state index in [1.807, 2.05) is 0 Å². The number of nitrogen functional groups attached to an aromatic ring is 1. The molecule has 0 radical (unpaired) electrons. The number of benzene rings is 1. The van der Waals surface area contributed by atoms with Crippen LogP contribution in [0, 0.1) is 5.82 Å². The van der Waals surface area contributed by atoms with Gasteiger partial charge in [0, 0.05) is 41.5 Å². The van der Waals surface area contributed by atoms with Crippen molar-refractivity contribution in [3.63, 3.8) is 0 Å². The van der Waals surface area contributed by atoms with Gasteiger partial charge < -0.3 is 14.9 Å². The SMILES string of the molecule is CC(C)N1CC=C(c2coc3c(O[C@H](C)c4c(Cl)ccc(F)c4Cl)c(N)ncc23)CC1. The van der Waals surface area contributed by atoms with E-state index >= 15 is 0 Å². The number of furan rings is 1. The lowest BCUT2D eigenvalue weighted by atomic mass is 9.99. The zero-order chi connectivity index (χ0) is 22.3. The van der Waals surface area contributed by atoms with Gasteiger partial charge >= 0.3 is 0 Å². The van der Waals surface area contributed by atoms with Gasteiger partial charge in [0.05, 0.1) is 16.7 Å². The van der Waals surface area contributed by atoms with E-state index in [0.29, 0.717) is 22.2 Å². The summed E-state index contributed by atoms with van der Waals surface area (Å²) in [6, 6.07) is 3.17. The van der Waals surface area contributed by atoms with Crippen molar-refractivity contribution in [1.82, 2.24) is 9.88 Å². The summed E-state index contributed by atoms with van der Waals surface area (Å²) in [5.41, 5.74) is 9.12. The van der Waals surface area contributed by atoms with Crippen LogP contribution in [0.15, 0.2) is 35.1 Å². The second-order valence-corrected chi connectivity index (χ2v) is 8.73. The first-order chi connectivity index (χ1) is 14.8. The molecule has 2 N–H and O–H groups in total. The number of hydrogen-bond acceptors (Lipinski definition) is 5. The first kappa shape index (κ1) is 21.9. The van der Waals surface area contributed by atoms with Crippen LogP contribution in [0.5, 0.6) is 5.75 Å². The lowest BCUT2D eigenvalue weighted by Gasteiger charge is -2.29. The van der Waals surface area contributed by atoms with Crippen molar-refractivity contribution in [3.8, 4) is 5.75 Å². The maximum Gasteiger partial charge on any atom is 0.205 e. The lowest BCUT2D eigenvalue weighted by molar-refractivity contribution is 0.227. The average Bonchev–Trinajstić information content (AvgIpc) is 3.17. The topological polar surface area (TPSA) is 64.5 Å². The van der Waals surface area contributed by atoms with Crippen LogP contribution in [0.1, 0.15) is 44.4 Å². The van der Waals surface area contributed by atoms with E-state index in [0.717, 1.165) is 30.5 Å². The molecule has 4 rings (SSSR count). The number of rotatable bonds is 5. The van der Waals surface area contributed by atoms with Crippen molar-refractivity contribution in [2.45, 2.75) is 39.3 Å². The zero-order valence-electron chi connectivity index (χ0n) is 17.6. The van der Waals surface area contributed by atoms with Crippen molar-refractivity contribution in [2.24, 2.45) is 0 Å². The molecule has 31 heavy (non-hydrogen) atoms. The monoisotopic (exact) mass is 463 g/mol. The van der Waals surface area contributed by atoms with Gasteiger partial charge in [-0.05, 0) is 44.9 Å². The van der Waals surface area contributed by atoms with Gasteiger partial charge in [-0.25, -0.2) is 9.37 Å². The Labute approximate surface area is 190 Å². The summed E-state index contributed by atoms with van der Waals surface area (Å²) in [5.74, 6) is -0.110. The number of aromatic nitrogens is 1. The van der Waals surface area contributed by atoms with Crippen molar-refractivity contribution in [3.05, 3.63) is 57.7 Å². The molecule has 0 saturated heterocycles. The van der Waals surface area contributed by atoms with E-state index in [1.54, 1.807) is 19.4 Å². The van der Waals surface area contributed by atoms with E-state index < -0.39 is 11.9 Å². The van der Waals surface area contributed by atoms with E-state index in [4.69, 9.17) is 38.1 Å². The molecule has 1 aliphatic heterocycles. The number of pyridine rings is 1. The van der Waals surface area contributed by atoms with Crippen LogP contribution in [0.25, 0.3) is 16.5 Å². The smallest absolute Gasteiger partial charge is 0.205 e. The Morgan fingerprint density at radius 1 is 1.26 bits per heavy atom. The minimum absolute atomic E-state index is 0.0825. The molecule has 0 unspecified atom stereocenters. The Bertz CT molecular complexity index is 1160. The molecule has 0 spiro atoms. The summed E-state index contributed by atoms with van der Waals surface area (Å²) in [4.78, 5) is 6.71. The number of fused-ring (bicyclic) bond motifs is 1. The predicted octanol–water partition coefficient (Wildman–Crippen LogP) is 6.49. The third kappa shape index (κ3) is 4.12. The maximum atomic E-state index is 14.0. The minimum Gasteiger partial charge on any atom is -0.478 e. The molecule has 3 heterocycles. The third-order valence-corrected chi connectivity index (χ3v) is 6.41. The van der Waals surface area contributed by atoms with Crippen LogP contribution < -0.4 is 10.5 Å². The second-order valence-electron chi connectivity index (χ2n) is 7.95. The fourth-order valence-corrected chi connectivity index (χ4v) is 4.57. The Balaban J connectivity index is 1.69. The number of ether oxygens (including phenoxy) is 1. The van der Waals surface area contributed by atoms with Crippen LogP contribution in [-0.2, 0) is 0 Å². The first-order valence-electron chi connectivity index (χ1n) is 10.2. The molecule has 1 aromatic carbocycles. The van der Waals surface area contributed by atoms with Crippen LogP contribution in [0.2, 0.25) is 10.0 Å². The van der Waals surface area contributed by atoms with Gasteiger partial charge in [0.25, 0.3) is 0 Å². The minimum atomic E-state index is -0.674. The summed E-state index contributed by atoms with van der Waals surface area (Å²) in [5, 5.41) is 1.04. The lowest BCUT2D eigenvalue weighted by Crippen LogP contribution is -2.34. The Kier molecular flexibility index (Phi) is 6.15. The molecular weight excluding hydrogens is 440 g/mol. The third-order valence-electron chi connectivity index (χ3n) is 5.70. The highest BCUT2D eigenvalue weighted by Crippen LogP contribution is 2.41. The fourth-order valence-electron chi connectivity index (χ4n) is 3.89. The number of hydrogen-bond donors (Lipinski definition) is 1. The Morgan fingerprint density at radius 3 is 2.71 bits per heavy atom. The molecule has 2 aromatic heterocycles. The van der Waals surface area contributed by atoms with E-state index in [9.17, 15) is 4.39 Å². The van der Waals surface area contributed by atoms with Crippen molar-refractivity contribution < 1.29 is 13.5 Å². The highest BCUT2D eigenvalue weighted by atomic mass is 35.5. The molecule has 0 fully saturated rings. The molecule has 164 valence electrons. The molecule has 0 bridgehead atoms. The summed E-state index contributed by atoms with van der Waals surface area (Å²) in [6.07, 6.45) is 5.87.